The predicted molar refractivity (Wildman–Crippen MR) is 79.9 cm³/mol. The zero-order chi connectivity index (χ0) is 14.4. The van der Waals surface area contributed by atoms with Gasteiger partial charge in [-0.25, -0.2) is 14.4 Å². The molecule has 2 rings (SSSR count). The first-order valence-corrected chi connectivity index (χ1v) is 6.83. The van der Waals surface area contributed by atoms with Crippen LogP contribution in [0.15, 0.2) is 36.7 Å². The van der Waals surface area contributed by atoms with Crippen LogP contribution in [0.3, 0.4) is 0 Å². The molecule has 0 aliphatic rings. The van der Waals surface area contributed by atoms with Gasteiger partial charge >= 0.3 is 0 Å². The molecular weight excluding hydrogens is 255 g/mol. The highest BCUT2D eigenvalue weighted by Gasteiger charge is 2.09. The maximum atomic E-state index is 13.0. The summed E-state index contributed by atoms with van der Waals surface area (Å²) in [7, 11) is 0. The van der Waals surface area contributed by atoms with Crippen molar-refractivity contribution in [2.75, 3.05) is 23.3 Å². The highest BCUT2D eigenvalue weighted by atomic mass is 19.1. The van der Waals surface area contributed by atoms with Crippen LogP contribution in [0.2, 0.25) is 0 Å². The van der Waals surface area contributed by atoms with Crippen molar-refractivity contribution in [3.05, 3.63) is 42.5 Å². The van der Waals surface area contributed by atoms with Crippen molar-refractivity contribution in [1.29, 1.82) is 0 Å². The van der Waals surface area contributed by atoms with E-state index < -0.39 is 0 Å². The Hall–Kier alpha value is -2.17. The number of halogens is 1. The Balaban J connectivity index is 2.24. The molecule has 4 nitrogen and oxygen atoms in total. The number of aromatic nitrogens is 2. The van der Waals surface area contributed by atoms with Crippen LogP contribution in [-0.2, 0) is 0 Å². The van der Waals surface area contributed by atoms with E-state index in [2.05, 4.69) is 22.2 Å². The molecule has 0 amide bonds. The van der Waals surface area contributed by atoms with Crippen molar-refractivity contribution >= 4 is 17.3 Å². The Morgan fingerprint density at radius 3 is 2.55 bits per heavy atom. The van der Waals surface area contributed by atoms with E-state index in [9.17, 15) is 4.39 Å². The van der Waals surface area contributed by atoms with Crippen LogP contribution >= 0.6 is 0 Å². The number of hydrogen-bond donors (Lipinski definition) is 1. The van der Waals surface area contributed by atoms with Crippen molar-refractivity contribution in [3.63, 3.8) is 0 Å². The number of hydrogen-bond acceptors (Lipinski definition) is 4. The molecule has 0 aliphatic carbocycles. The molecule has 0 atom stereocenters. The van der Waals surface area contributed by atoms with Crippen LogP contribution in [0.1, 0.15) is 20.3 Å². The molecule has 20 heavy (non-hydrogen) atoms. The Bertz CT molecular complexity index is 542. The number of benzene rings is 1. The first-order chi connectivity index (χ1) is 9.74. The summed E-state index contributed by atoms with van der Waals surface area (Å²) < 4.78 is 13.0. The summed E-state index contributed by atoms with van der Waals surface area (Å²) in [6, 6.07) is 8.31. The fourth-order valence-corrected chi connectivity index (χ4v) is 1.94. The van der Waals surface area contributed by atoms with Gasteiger partial charge in [-0.15, -0.1) is 0 Å². The zero-order valence-electron chi connectivity index (χ0n) is 11.8. The number of anilines is 3. The van der Waals surface area contributed by atoms with Crippen LogP contribution < -0.4 is 10.2 Å². The molecule has 1 heterocycles. The molecule has 0 radical (unpaired) electrons. The van der Waals surface area contributed by atoms with Gasteiger partial charge in [0, 0.05) is 24.8 Å². The third-order valence-electron chi connectivity index (χ3n) is 2.94. The molecule has 0 saturated carbocycles. The van der Waals surface area contributed by atoms with Gasteiger partial charge in [0.15, 0.2) is 0 Å². The smallest absolute Gasteiger partial charge is 0.138 e. The lowest BCUT2D eigenvalue weighted by molar-refractivity contribution is 0.628. The van der Waals surface area contributed by atoms with E-state index in [0.29, 0.717) is 0 Å². The molecule has 2 aromatic rings. The van der Waals surface area contributed by atoms with Gasteiger partial charge in [-0.3, -0.25) is 0 Å². The van der Waals surface area contributed by atoms with Gasteiger partial charge in [-0.1, -0.05) is 6.92 Å². The Morgan fingerprint density at radius 2 is 1.90 bits per heavy atom. The molecule has 1 N–H and O–H groups in total. The van der Waals surface area contributed by atoms with Crippen molar-refractivity contribution < 1.29 is 4.39 Å². The normalized spacial score (nSPS) is 10.3. The summed E-state index contributed by atoms with van der Waals surface area (Å²) in [4.78, 5) is 10.5. The predicted octanol–water partition coefficient (Wildman–Crippen LogP) is 3.60. The van der Waals surface area contributed by atoms with Gasteiger partial charge in [0.1, 0.15) is 23.8 Å². The van der Waals surface area contributed by atoms with Crippen molar-refractivity contribution in [2.24, 2.45) is 0 Å². The van der Waals surface area contributed by atoms with Gasteiger partial charge in [0.2, 0.25) is 0 Å². The van der Waals surface area contributed by atoms with Gasteiger partial charge in [-0.2, -0.15) is 0 Å². The lowest BCUT2D eigenvalue weighted by atomic mass is 10.2. The number of nitrogens with one attached hydrogen (secondary N) is 1. The molecule has 1 aromatic carbocycles. The highest BCUT2D eigenvalue weighted by Crippen LogP contribution is 2.24. The van der Waals surface area contributed by atoms with Crippen LogP contribution in [0.4, 0.5) is 21.7 Å². The van der Waals surface area contributed by atoms with E-state index in [1.807, 2.05) is 17.9 Å². The summed E-state index contributed by atoms with van der Waals surface area (Å²) >= 11 is 0. The van der Waals surface area contributed by atoms with Crippen molar-refractivity contribution in [2.45, 2.75) is 20.3 Å². The van der Waals surface area contributed by atoms with Crippen LogP contribution in [0.5, 0.6) is 0 Å². The SMILES string of the molecule is CCCNc1cc(N(CC)c2ccc(F)cc2)ncn1. The second kappa shape index (κ2) is 6.84. The topological polar surface area (TPSA) is 41.0 Å². The van der Waals surface area contributed by atoms with Crippen LogP contribution in [0, 0.1) is 5.82 Å². The molecule has 1 aromatic heterocycles. The van der Waals surface area contributed by atoms with E-state index in [-0.39, 0.29) is 5.82 Å². The third-order valence-corrected chi connectivity index (χ3v) is 2.94. The van der Waals surface area contributed by atoms with E-state index in [1.54, 1.807) is 18.5 Å². The number of rotatable bonds is 6. The minimum absolute atomic E-state index is 0.238. The average Bonchev–Trinajstić information content (AvgIpc) is 2.48. The highest BCUT2D eigenvalue weighted by molar-refractivity contribution is 5.62. The van der Waals surface area contributed by atoms with Crippen molar-refractivity contribution in [3.8, 4) is 0 Å². The molecule has 0 fully saturated rings. The third kappa shape index (κ3) is 3.44. The second-order valence-electron chi connectivity index (χ2n) is 4.41. The molecule has 0 unspecified atom stereocenters. The molecule has 0 spiro atoms. The maximum Gasteiger partial charge on any atom is 0.138 e. The Kier molecular flexibility index (Phi) is 4.87. The second-order valence-corrected chi connectivity index (χ2v) is 4.41. The van der Waals surface area contributed by atoms with E-state index in [0.717, 1.165) is 36.8 Å². The molecule has 0 aliphatic heterocycles. The summed E-state index contributed by atoms with van der Waals surface area (Å²) in [5, 5.41) is 3.24. The minimum Gasteiger partial charge on any atom is -0.370 e. The van der Waals surface area contributed by atoms with E-state index >= 15 is 0 Å². The average molecular weight is 274 g/mol. The quantitative estimate of drug-likeness (QED) is 0.874. The minimum atomic E-state index is -0.238. The summed E-state index contributed by atoms with van der Waals surface area (Å²) in [6.45, 7) is 5.76. The standard InChI is InChI=1S/C15H19FN4/c1-3-9-17-14-10-15(19-11-18-14)20(4-2)13-7-5-12(16)6-8-13/h5-8,10-11H,3-4,9H2,1-2H3,(H,17,18,19). The van der Waals surface area contributed by atoms with Gasteiger partial charge in [-0.05, 0) is 37.6 Å². The fraction of sp³-hybridized carbons (Fsp3) is 0.333. The van der Waals surface area contributed by atoms with E-state index in [4.69, 9.17) is 0 Å². The zero-order valence-corrected chi connectivity index (χ0v) is 11.8. The molecule has 0 saturated heterocycles. The molecular formula is C15H19FN4. The number of nitrogens with zero attached hydrogens (tertiary/aromatic N) is 3. The molecule has 106 valence electrons. The largest absolute Gasteiger partial charge is 0.370 e. The Labute approximate surface area is 118 Å². The lowest BCUT2D eigenvalue weighted by Crippen LogP contribution is -2.18. The summed E-state index contributed by atoms with van der Waals surface area (Å²) in [6.07, 6.45) is 2.58. The summed E-state index contributed by atoms with van der Waals surface area (Å²) in [5.41, 5.74) is 0.911. The first kappa shape index (κ1) is 14.2. The monoisotopic (exact) mass is 274 g/mol. The van der Waals surface area contributed by atoms with Gasteiger partial charge < -0.3 is 10.2 Å². The summed E-state index contributed by atoms with van der Waals surface area (Å²) in [5.74, 6) is 1.36. The Morgan fingerprint density at radius 1 is 1.15 bits per heavy atom. The fourth-order valence-electron chi connectivity index (χ4n) is 1.94. The van der Waals surface area contributed by atoms with Crippen molar-refractivity contribution in [1.82, 2.24) is 9.97 Å². The first-order valence-electron chi connectivity index (χ1n) is 6.83. The van der Waals surface area contributed by atoms with Gasteiger partial charge in [0.05, 0.1) is 0 Å². The molecule has 5 heteroatoms. The molecule has 0 bridgehead atoms. The van der Waals surface area contributed by atoms with Crippen LogP contribution in [0.25, 0.3) is 0 Å². The van der Waals surface area contributed by atoms with E-state index in [1.165, 1.54) is 12.1 Å². The maximum absolute atomic E-state index is 13.0. The van der Waals surface area contributed by atoms with Crippen LogP contribution in [-0.4, -0.2) is 23.1 Å². The lowest BCUT2D eigenvalue weighted by Gasteiger charge is -2.22. The van der Waals surface area contributed by atoms with Gasteiger partial charge in [0.25, 0.3) is 0 Å².